The summed E-state index contributed by atoms with van der Waals surface area (Å²) >= 11 is 0. The van der Waals surface area contributed by atoms with Crippen molar-refractivity contribution in [2.75, 3.05) is 18.0 Å². The molecule has 0 unspecified atom stereocenters. The molecule has 3 aromatic carbocycles. The molecule has 4 aromatic rings. The number of nitrogens with one attached hydrogen (secondary N) is 2. The maximum Gasteiger partial charge on any atom is 0.573 e. The third kappa shape index (κ3) is 6.74. The molecule has 10 nitrogen and oxygen atoms in total. The number of nitrogens with zero attached hydrogens (tertiary/aromatic N) is 5. The van der Waals surface area contributed by atoms with Gasteiger partial charge in [-0.3, -0.25) is 4.79 Å². The van der Waals surface area contributed by atoms with Crippen molar-refractivity contribution in [3.8, 4) is 22.8 Å². The van der Waals surface area contributed by atoms with Gasteiger partial charge in [0, 0.05) is 12.1 Å². The lowest BCUT2D eigenvalue weighted by atomic mass is 10.1. The SMILES string of the molecule is CCc1ccccc1N1C(=O)CN/C1=N\C(=O)NCCc1ccc(-c2ncn(-c3ccc(OC(F)(F)F)cc3)n2)cc1. The molecule has 1 aliphatic heterocycles. The second kappa shape index (κ2) is 12.1. The van der Waals surface area contributed by atoms with Crippen LogP contribution in [0.5, 0.6) is 5.75 Å². The summed E-state index contributed by atoms with van der Waals surface area (Å²) < 4.78 is 42.5. The minimum absolute atomic E-state index is 0.0623. The van der Waals surface area contributed by atoms with Crippen LogP contribution in [0.4, 0.5) is 23.7 Å². The Bertz CT molecular complexity index is 1600. The van der Waals surface area contributed by atoms with E-state index >= 15 is 0 Å². The zero-order valence-corrected chi connectivity index (χ0v) is 22.4. The van der Waals surface area contributed by atoms with E-state index in [1.807, 2.05) is 55.5 Å². The molecule has 5 rings (SSSR count). The summed E-state index contributed by atoms with van der Waals surface area (Å²) in [7, 11) is 0. The maximum atomic E-state index is 12.5. The highest BCUT2D eigenvalue weighted by atomic mass is 19.4. The van der Waals surface area contributed by atoms with Gasteiger partial charge < -0.3 is 15.4 Å². The molecular weight excluding hydrogens is 551 g/mol. The fraction of sp³-hybridized carbons (Fsp3) is 0.207. The number of halogens is 3. The van der Waals surface area contributed by atoms with Crippen LogP contribution in [-0.4, -0.2) is 52.1 Å². The molecule has 3 amide bonds. The largest absolute Gasteiger partial charge is 0.573 e. The van der Waals surface area contributed by atoms with Gasteiger partial charge in [0.05, 0.1) is 17.9 Å². The molecule has 0 radical (unpaired) electrons. The lowest BCUT2D eigenvalue weighted by molar-refractivity contribution is -0.274. The van der Waals surface area contributed by atoms with Gasteiger partial charge in [0.25, 0.3) is 5.91 Å². The summed E-state index contributed by atoms with van der Waals surface area (Å²) in [6.45, 7) is 2.39. The molecule has 0 saturated carbocycles. The molecule has 13 heteroatoms. The average molecular weight is 578 g/mol. The van der Waals surface area contributed by atoms with E-state index in [-0.39, 0.29) is 24.2 Å². The predicted octanol–water partition coefficient (Wildman–Crippen LogP) is 4.64. The fourth-order valence-electron chi connectivity index (χ4n) is 4.39. The number of urea groups is 1. The van der Waals surface area contributed by atoms with Crippen LogP contribution in [0.1, 0.15) is 18.1 Å². The summed E-state index contributed by atoms with van der Waals surface area (Å²) in [5.41, 5.74) is 3.90. The van der Waals surface area contributed by atoms with Gasteiger partial charge in [-0.15, -0.1) is 18.3 Å². The summed E-state index contributed by atoms with van der Waals surface area (Å²) in [6.07, 6.45) is -2.02. The van der Waals surface area contributed by atoms with Crippen molar-refractivity contribution < 1.29 is 27.5 Å². The molecule has 2 heterocycles. The quantitative estimate of drug-likeness (QED) is 0.316. The minimum atomic E-state index is -4.76. The molecule has 0 aliphatic carbocycles. The van der Waals surface area contributed by atoms with Crippen LogP contribution in [0.15, 0.2) is 84.1 Å². The molecule has 42 heavy (non-hydrogen) atoms. The molecule has 216 valence electrons. The molecule has 1 aromatic heterocycles. The van der Waals surface area contributed by atoms with E-state index in [0.29, 0.717) is 30.2 Å². The number of ether oxygens (including phenoxy) is 1. The van der Waals surface area contributed by atoms with Crippen LogP contribution < -0.4 is 20.3 Å². The molecule has 0 bridgehead atoms. The number of hydrogen-bond donors (Lipinski definition) is 2. The van der Waals surface area contributed by atoms with Crippen LogP contribution in [0.2, 0.25) is 0 Å². The smallest absolute Gasteiger partial charge is 0.406 e. The van der Waals surface area contributed by atoms with E-state index < -0.39 is 12.4 Å². The Morgan fingerprint density at radius 2 is 1.81 bits per heavy atom. The number of hydrogen-bond acceptors (Lipinski definition) is 5. The zero-order chi connectivity index (χ0) is 29.7. The second-order valence-corrected chi connectivity index (χ2v) is 9.23. The number of para-hydroxylation sites is 1. The van der Waals surface area contributed by atoms with Gasteiger partial charge in [-0.2, -0.15) is 4.99 Å². The van der Waals surface area contributed by atoms with Crippen LogP contribution in [0.3, 0.4) is 0 Å². The van der Waals surface area contributed by atoms with Crippen LogP contribution in [-0.2, 0) is 17.6 Å². The first-order valence-corrected chi connectivity index (χ1v) is 13.1. The van der Waals surface area contributed by atoms with Crippen molar-refractivity contribution in [3.63, 3.8) is 0 Å². The lowest BCUT2D eigenvalue weighted by Crippen LogP contribution is -2.35. The highest BCUT2D eigenvalue weighted by molar-refractivity contribution is 6.23. The van der Waals surface area contributed by atoms with Gasteiger partial charge in [0.15, 0.2) is 5.82 Å². The number of alkyl halides is 3. The Kier molecular flexibility index (Phi) is 8.18. The van der Waals surface area contributed by atoms with E-state index in [0.717, 1.165) is 23.1 Å². The van der Waals surface area contributed by atoms with Crippen LogP contribution >= 0.6 is 0 Å². The Labute approximate surface area is 238 Å². The highest BCUT2D eigenvalue weighted by Crippen LogP contribution is 2.25. The Balaban J connectivity index is 1.16. The number of anilines is 1. The molecule has 1 saturated heterocycles. The first-order chi connectivity index (χ1) is 20.2. The van der Waals surface area contributed by atoms with Gasteiger partial charge in [0.1, 0.15) is 12.1 Å². The minimum Gasteiger partial charge on any atom is -0.406 e. The standard InChI is InChI=1S/C29H26F3N7O3/c1-2-20-5-3-4-6-24(20)39-25(40)17-34-27(39)36-28(41)33-16-15-19-7-9-21(10-8-19)26-35-18-38(37-26)22-11-13-23(14-12-22)42-29(30,31)32/h3-14,18H,2,15-17H2,1H3,(H2,33,34,36,41). The second-order valence-electron chi connectivity index (χ2n) is 9.23. The van der Waals surface area contributed by atoms with E-state index in [2.05, 4.69) is 30.4 Å². The number of aliphatic imine (C=N–C) groups is 1. The highest BCUT2D eigenvalue weighted by Gasteiger charge is 2.31. The van der Waals surface area contributed by atoms with E-state index in [1.54, 1.807) is 0 Å². The topological polar surface area (TPSA) is 114 Å². The van der Waals surface area contributed by atoms with Gasteiger partial charge in [-0.25, -0.2) is 19.4 Å². The average Bonchev–Trinajstić information content (AvgIpc) is 3.60. The first kappa shape index (κ1) is 28.3. The van der Waals surface area contributed by atoms with Crippen molar-refractivity contribution in [3.05, 3.63) is 90.3 Å². The van der Waals surface area contributed by atoms with Crippen molar-refractivity contribution in [2.45, 2.75) is 26.1 Å². The third-order valence-corrected chi connectivity index (χ3v) is 6.41. The summed E-state index contributed by atoms with van der Waals surface area (Å²) in [5, 5.41) is 10.0. The third-order valence-electron chi connectivity index (χ3n) is 6.41. The van der Waals surface area contributed by atoms with Crippen molar-refractivity contribution in [2.24, 2.45) is 4.99 Å². The van der Waals surface area contributed by atoms with Crippen LogP contribution in [0, 0.1) is 0 Å². The first-order valence-electron chi connectivity index (χ1n) is 13.1. The Morgan fingerprint density at radius 3 is 2.52 bits per heavy atom. The lowest BCUT2D eigenvalue weighted by Gasteiger charge is -2.18. The van der Waals surface area contributed by atoms with E-state index in [9.17, 15) is 22.8 Å². The van der Waals surface area contributed by atoms with E-state index in [4.69, 9.17) is 0 Å². The number of amides is 3. The Hall–Kier alpha value is -5.20. The number of aryl methyl sites for hydroxylation is 1. The molecule has 0 atom stereocenters. The zero-order valence-electron chi connectivity index (χ0n) is 22.4. The van der Waals surface area contributed by atoms with Crippen molar-refractivity contribution in [1.82, 2.24) is 25.4 Å². The predicted molar refractivity (Wildman–Crippen MR) is 149 cm³/mol. The molecule has 2 N–H and O–H groups in total. The van der Waals surface area contributed by atoms with Gasteiger partial charge in [-0.05, 0) is 54.3 Å². The summed E-state index contributed by atoms with van der Waals surface area (Å²) in [4.78, 5) is 34.8. The van der Waals surface area contributed by atoms with Gasteiger partial charge in [-0.1, -0.05) is 49.4 Å². The number of aromatic nitrogens is 3. The molecular formula is C29H26F3N7O3. The Morgan fingerprint density at radius 1 is 1.07 bits per heavy atom. The fourth-order valence-corrected chi connectivity index (χ4v) is 4.39. The summed E-state index contributed by atoms with van der Waals surface area (Å²) in [6, 6.07) is 19.7. The van der Waals surface area contributed by atoms with E-state index in [1.165, 1.54) is 40.2 Å². The number of carbonyl (C=O) groups excluding carboxylic acids is 2. The monoisotopic (exact) mass is 577 g/mol. The van der Waals surface area contributed by atoms with Gasteiger partial charge >= 0.3 is 12.4 Å². The molecule has 1 aliphatic rings. The number of guanidine groups is 1. The number of benzene rings is 3. The van der Waals surface area contributed by atoms with Crippen molar-refractivity contribution in [1.29, 1.82) is 0 Å². The molecule has 0 spiro atoms. The normalized spacial score (nSPS) is 14.2. The maximum absolute atomic E-state index is 12.5. The van der Waals surface area contributed by atoms with Gasteiger partial charge in [0.2, 0.25) is 5.96 Å². The van der Waals surface area contributed by atoms with Crippen LogP contribution in [0.25, 0.3) is 17.1 Å². The number of carbonyl (C=O) groups is 2. The summed E-state index contributed by atoms with van der Waals surface area (Å²) in [5.74, 6) is 0.125. The molecule has 1 fully saturated rings. The van der Waals surface area contributed by atoms with Crippen molar-refractivity contribution >= 4 is 23.6 Å². The number of rotatable bonds is 8.